The van der Waals surface area contributed by atoms with Gasteiger partial charge in [0, 0.05) is 17.2 Å². The van der Waals surface area contributed by atoms with Crippen molar-refractivity contribution >= 4 is 5.69 Å². The molecule has 0 radical (unpaired) electrons. The molecule has 1 aliphatic rings. The van der Waals surface area contributed by atoms with Crippen LogP contribution in [0.15, 0.2) is 18.2 Å². The van der Waals surface area contributed by atoms with Crippen molar-refractivity contribution in [3.05, 3.63) is 39.4 Å². The van der Waals surface area contributed by atoms with Crippen LogP contribution in [-0.4, -0.2) is 10.5 Å². The summed E-state index contributed by atoms with van der Waals surface area (Å²) in [5.74, 6) is 0. The van der Waals surface area contributed by atoms with Gasteiger partial charge in [-0.2, -0.15) is 0 Å². The average molecular weight is 206 g/mol. The summed E-state index contributed by atoms with van der Waals surface area (Å²) in [5, 5.41) is 10.7. The molecule has 0 heterocycles. The van der Waals surface area contributed by atoms with Crippen molar-refractivity contribution < 1.29 is 4.92 Å². The number of benzene rings is 1. The van der Waals surface area contributed by atoms with Gasteiger partial charge in [0.2, 0.25) is 0 Å². The Morgan fingerprint density at radius 3 is 2.73 bits per heavy atom. The molecule has 2 rings (SSSR count). The lowest BCUT2D eigenvalue weighted by molar-refractivity contribution is -0.385. The second-order valence-electron chi connectivity index (χ2n) is 4.36. The van der Waals surface area contributed by atoms with Gasteiger partial charge in [-0.1, -0.05) is 12.1 Å². The number of nitro benzene ring substituents is 1. The van der Waals surface area contributed by atoms with Gasteiger partial charge < -0.3 is 5.73 Å². The zero-order valence-electron chi connectivity index (χ0n) is 8.69. The highest BCUT2D eigenvalue weighted by Gasteiger charge is 2.38. The van der Waals surface area contributed by atoms with E-state index < -0.39 is 0 Å². The summed E-state index contributed by atoms with van der Waals surface area (Å²) in [6.07, 6.45) is 2.80. The highest BCUT2D eigenvalue weighted by Crippen LogP contribution is 2.37. The van der Waals surface area contributed by atoms with Crippen LogP contribution >= 0.6 is 0 Å². The summed E-state index contributed by atoms with van der Waals surface area (Å²) in [5.41, 5.74) is 7.85. The van der Waals surface area contributed by atoms with Gasteiger partial charge in [-0.25, -0.2) is 0 Å². The molecule has 1 aromatic rings. The number of hydrogen-bond donors (Lipinski definition) is 1. The normalized spacial score (nSPS) is 17.5. The quantitative estimate of drug-likeness (QED) is 0.607. The predicted molar refractivity (Wildman–Crippen MR) is 57.7 cm³/mol. The van der Waals surface area contributed by atoms with Crippen LogP contribution in [0.5, 0.6) is 0 Å². The molecule has 0 saturated heterocycles. The molecule has 1 aliphatic carbocycles. The monoisotopic (exact) mass is 206 g/mol. The fourth-order valence-corrected chi connectivity index (χ4v) is 1.78. The molecule has 1 aromatic carbocycles. The van der Waals surface area contributed by atoms with Crippen molar-refractivity contribution in [2.75, 3.05) is 0 Å². The minimum absolute atomic E-state index is 0.0972. The summed E-state index contributed by atoms with van der Waals surface area (Å²) in [6.45, 7) is 1.79. The lowest BCUT2D eigenvalue weighted by atomic mass is 9.99. The molecular weight excluding hydrogens is 192 g/mol. The van der Waals surface area contributed by atoms with Crippen molar-refractivity contribution in [3.63, 3.8) is 0 Å². The third-order valence-corrected chi connectivity index (χ3v) is 3.05. The topological polar surface area (TPSA) is 69.2 Å². The Kier molecular flexibility index (Phi) is 2.23. The SMILES string of the molecule is Cc1c(CC2(N)CC2)cccc1[N+](=O)[O-]. The Morgan fingerprint density at radius 1 is 1.53 bits per heavy atom. The van der Waals surface area contributed by atoms with Crippen molar-refractivity contribution in [1.82, 2.24) is 0 Å². The zero-order valence-corrected chi connectivity index (χ0v) is 8.69. The Labute approximate surface area is 88.2 Å². The molecule has 1 saturated carbocycles. The second kappa shape index (κ2) is 3.31. The van der Waals surface area contributed by atoms with Crippen LogP contribution in [0.4, 0.5) is 5.69 Å². The van der Waals surface area contributed by atoms with Crippen LogP contribution in [0, 0.1) is 17.0 Å². The van der Waals surface area contributed by atoms with Crippen molar-refractivity contribution in [2.45, 2.75) is 31.7 Å². The maximum absolute atomic E-state index is 10.7. The maximum Gasteiger partial charge on any atom is 0.272 e. The van der Waals surface area contributed by atoms with Gasteiger partial charge >= 0.3 is 0 Å². The minimum Gasteiger partial charge on any atom is -0.325 e. The van der Waals surface area contributed by atoms with Gasteiger partial charge in [0.1, 0.15) is 0 Å². The van der Waals surface area contributed by atoms with Crippen LogP contribution < -0.4 is 5.73 Å². The molecule has 0 aliphatic heterocycles. The molecule has 0 unspecified atom stereocenters. The molecular formula is C11H14N2O2. The largest absolute Gasteiger partial charge is 0.325 e. The van der Waals surface area contributed by atoms with Crippen LogP contribution in [-0.2, 0) is 6.42 Å². The van der Waals surface area contributed by atoms with E-state index in [0.29, 0.717) is 0 Å². The van der Waals surface area contributed by atoms with Crippen molar-refractivity contribution in [1.29, 1.82) is 0 Å². The highest BCUT2D eigenvalue weighted by atomic mass is 16.6. The summed E-state index contributed by atoms with van der Waals surface area (Å²) in [4.78, 5) is 10.4. The van der Waals surface area contributed by atoms with E-state index in [1.807, 2.05) is 6.07 Å². The number of nitro groups is 1. The van der Waals surface area contributed by atoms with Gasteiger partial charge in [-0.3, -0.25) is 10.1 Å². The van der Waals surface area contributed by atoms with Crippen LogP contribution in [0.3, 0.4) is 0 Å². The first-order chi connectivity index (χ1) is 7.02. The minimum atomic E-state index is -0.338. The Morgan fingerprint density at radius 2 is 2.20 bits per heavy atom. The molecule has 0 bridgehead atoms. The molecule has 80 valence electrons. The van der Waals surface area contributed by atoms with E-state index in [0.717, 1.165) is 30.4 Å². The van der Waals surface area contributed by atoms with E-state index in [9.17, 15) is 10.1 Å². The van der Waals surface area contributed by atoms with Gasteiger partial charge in [0.25, 0.3) is 5.69 Å². The fraction of sp³-hybridized carbons (Fsp3) is 0.455. The van der Waals surface area contributed by atoms with Crippen LogP contribution in [0.2, 0.25) is 0 Å². The van der Waals surface area contributed by atoms with Gasteiger partial charge in [0.05, 0.1) is 4.92 Å². The number of hydrogen-bond acceptors (Lipinski definition) is 3. The molecule has 2 N–H and O–H groups in total. The number of rotatable bonds is 3. The highest BCUT2D eigenvalue weighted by molar-refractivity contribution is 5.45. The van der Waals surface area contributed by atoms with Crippen LogP contribution in [0.1, 0.15) is 24.0 Å². The lowest BCUT2D eigenvalue weighted by Gasteiger charge is -2.10. The Balaban J connectivity index is 2.31. The van der Waals surface area contributed by atoms with E-state index in [1.165, 1.54) is 6.07 Å². The first kappa shape index (κ1) is 10.1. The maximum atomic E-state index is 10.7. The Bertz CT molecular complexity index is 411. The van der Waals surface area contributed by atoms with Gasteiger partial charge in [0.15, 0.2) is 0 Å². The average Bonchev–Trinajstić information content (AvgIpc) is 2.87. The molecule has 4 nitrogen and oxygen atoms in total. The van der Waals surface area contributed by atoms with Crippen molar-refractivity contribution in [2.24, 2.45) is 5.73 Å². The smallest absolute Gasteiger partial charge is 0.272 e. The molecule has 1 fully saturated rings. The van der Waals surface area contributed by atoms with E-state index in [4.69, 9.17) is 5.73 Å². The zero-order chi connectivity index (χ0) is 11.1. The summed E-state index contributed by atoms with van der Waals surface area (Å²) in [7, 11) is 0. The van der Waals surface area contributed by atoms with Crippen molar-refractivity contribution in [3.8, 4) is 0 Å². The van der Waals surface area contributed by atoms with Crippen LogP contribution in [0.25, 0.3) is 0 Å². The standard InChI is InChI=1S/C11H14N2O2/c1-8-9(7-11(12)5-6-11)3-2-4-10(8)13(14)15/h2-4H,5-7,12H2,1H3. The summed E-state index contributed by atoms with van der Waals surface area (Å²) >= 11 is 0. The fourth-order valence-electron chi connectivity index (χ4n) is 1.78. The third-order valence-electron chi connectivity index (χ3n) is 3.05. The van der Waals surface area contributed by atoms with E-state index in [-0.39, 0.29) is 16.1 Å². The van der Waals surface area contributed by atoms with Gasteiger partial charge in [-0.15, -0.1) is 0 Å². The summed E-state index contributed by atoms with van der Waals surface area (Å²) < 4.78 is 0. The lowest BCUT2D eigenvalue weighted by Crippen LogP contribution is -2.25. The van der Waals surface area contributed by atoms with E-state index >= 15 is 0 Å². The first-order valence-electron chi connectivity index (χ1n) is 5.04. The Hall–Kier alpha value is -1.42. The van der Waals surface area contributed by atoms with Gasteiger partial charge in [-0.05, 0) is 31.7 Å². The molecule has 15 heavy (non-hydrogen) atoms. The van der Waals surface area contributed by atoms with E-state index in [1.54, 1.807) is 13.0 Å². The number of nitrogens with zero attached hydrogens (tertiary/aromatic N) is 1. The first-order valence-corrected chi connectivity index (χ1v) is 5.04. The molecule has 0 atom stereocenters. The summed E-state index contributed by atoms with van der Waals surface area (Å²) in [6, 6.07) is 5.19. The number of nitrogens with two attached hydrogens (primary N) is 1. The third kappa shape index (κ3) is 1.99. The molecule has 0 amide bonds. The predicted octanol–water partition coefficient (Wildman–Crippen LogP) is 1.94. The second-order valence-corrected chi connectivity index (χ2v) is 4.36. The van der Waals surface area contributed by atoms with E-state index in [2.05, 4.69) is 0 Å². The molecule has 4 heteroatoms. The molecule has 0 spiro atoms. The molecule has 0 aromatic heterocycles.